The van der Waals surface area contributed by atoms with E-state index in [1.807, 2.05) is 53.2 Å². The largest absolute Gasteiger partial charge is 0.456 e. The Morgan fingerprint density at radius 1 is 0.957 bits per heavy atom. The summed E-state index contributed by atoms with van der Waals surface area (Å²) >= 11 is 6.65. The van der Waals surface area contributed by atoms with Crippen LogP contribution in [-0.4, -0.2) is 78.5 Å². The molecule has 12 heteroatoms. The van der Waals surface area contributed by atoms with Gasteiger partial charge in [0.15, 0.2) is 5.15 Å². The Labute approximate surface area is 278 Å². The fourth-order valence-corrected chi connectivity index (χ4v) is 5.96. The number of imidazole rings is 1. The summed E-state index contributed by atoms with van der Waals surface area (Å²) in [6.07, 6.45) is 2.74. The second-order valence-corrected chi connectivity index (χ2v) is 12.1. The lowest BCUT2D eigenvalue weighted by atomic mass is 9.98. The number of benzene rings is 3. The molecule has 1 saturated heterocycles. The van der Waals surface area contributed by atoms with Crippen molar-refractivity contribution in [3.05, 3.63) is 106 Å². The van der Waals surface area contributed by atoms with E-state index in [1.54, 1.807) is 12.1 Å². The van der Waals surface area contributed by atoms with Crippen molar-refractivity contribution in [2.75, 3.05) is 26.7 Å². The Bertz CT molecular complexity index is 1820. The number of ether oxygens (including phenoxy) is 1. The molecule has 1 N–H and O–H groups in total. The quantitative estimate of drug-likeness (QED) is 0.178. The molecule has 1 amide bonds. The van der Waals surface area contributed by atoms with Crippen molar-refractivity contribution in [1.82, 2.24) is 40.0 Å². The number of hydrogen-bond acceptors (Lipinski definition) is 8. The molecule has 5 aromatic rings. The zero-order valence-corrected chi connectivity index (χ0v) is 27.3. The Kier molecular flexibility index (Phi) is 10.0. The average Bonchev–Trinajstić information content (AvgIpc) is 3.73. The Balaban J connectivity index is 1.15. The second kappa shape index (κ2) is 14.7. The van der Waals surface area contributed by atoms with Crippen LogP contribution in [0.3, 0.4) is 0 Å². The molecule has 0 spiro atoms. The number of aromatic amines is 1. The van der Waals surface area contributed by atoms with Crippen LogP contribution in [-0.2, 0) is 35.6 Å². The number of unbranched alkanes of at least 4 members (excludes halogenated alkanes) is 1. The molecular weight excluding hydrogens is 616 g/mol. The van der Waals surface area contributed by atoms with E-state index in [0.717, 1.165) is 59.4 Å². The monoisotopic (exact) mass is 652 g/mol. The van der Waals surface area contributed by atoms with Crippen molar-refractivity contribution in [3.63, 3.8) is 0 Å². The molecule has 3 heterocycles. The van der Waals surface area contributed by atoms with Crippen molar-refractivity contribution in [2.24, 2.45) is 0 Å². The molecule has 11 nitrogen and oxygen atoms in total. The molecule has 2 aromatic heterocycles. The first-order chi connectivity index (χ1) is 22.9. The summed E-state index contributed by atoms with van der Waals surface area (Å²) in [6, 6.07) is 23.4. The minimum Gasteiger partial charge on any atom is -0.456 e. The SMILES string of the molecule is CCCCc1nc(Cl)c(COC(=O)c2ccc(CN3CCN(C)CC3=O)cc2)n1Cc1ccc(-c2ccccc2-c2nn[nH]n2)cc1. The summed E-state index contributed by atoms with van der Waals surface area (Å²) in [5, 5.41) is 14.9. The predicted octanol–water partition coefficient (Wildman–Crippen LogP) is 5.41. The molecule has 242 valence electrons. The van der Waals surface area contributed by atoms with E-state index < -0.39 is 5.97 Å². The van der Waals surface area contributed by atoms with E-state index in [0.29, 0.717) is 48.4 Å². The van der Waals surface area contributed by atoms with Crippen molar-refractivity contribution in [3.8, 4) is 22.5 Å². The van der Waals surface area contributed by atoms with Gasteiger partial charge in [0.1, 0.15) is 12.4 Å². The van der Waals surface area contributed by atoms with Crippen LogP contribution in [0.15, 0.2) is 72.8 Å². The number of nitrogens with zero attached hydrogens (tertiary/aromatic N) is 7. The highest BCUT2D eigenvalue weighted by Crippen LogP contribution is 2.30. The number of tetrazole rings is 1. The average molecular weight is 653 g/mol. The van der Waals surface area contributed by atoms with Crippen LogP contribution in [0, 0.1) is 0 Å². The van der Waals surface area contributed by atoms with Crippen molar-refractivity contribution in [2.45, 2.75) is 45.9 Å². The number of piperazine rings is 1. The number of hydrogen-bond donors (Lipinski definition) is 1. The molecule has 0 saturated carbocycles. The maximum absolute atomic E-state index is 13.1. The number of halogens is 1. The molecule has 0 aliphatic carbocycles. The minimum absolute atomic E-state index is 0.00942. The van der Waals surface area contributed by atoms with Gasteiger partial charge in [-0.2, -0.15) is 5.21 Å². The number of aryl methyl sites for hydroxylation is 1. The Morgan fingerprint density at radius 2 is 1.68 bits per heavy atom. The molecule has 0 bridgehead atoms. The summed E-state index contributed by atoms with van der Waals surface area (Å²) in [5.74, 6) is 1.05. The van der Waals surface area contributed by atoms with Crippen molar-refractivity contribution >= 4 is 23.5 Å². The molecule has 0 radical (unpaired) electrons. The van der Waals surface area contributed by atoms with Crippen LogP contribution in [0.2, 0.25) is 5.15 Å². The third-order valence-corrected chi connectivity index (χ3v) is 8.69. The zero-order chi connectivity index (χ0) is 32.8. The van der Waals surface area contributed by atoms with E-state index >= 15 is 0 Å². The van der Waals surface area contributed by atoms with Gasteiger partial charge in [-0.15, -0.1) is 10.2 Å². The van der Waals surface area contributed by atoms with Gasteiger partial charge in [-0.3, -0.25) is 9.69 Å². The van der Waals surface area contributed by atoms with Gasteiger partial charge in [0.2, 0.25) is 11.7 Å². The maximum Gasteiger partial charge on any atom is 0.338 e. The van der Waals surface area contributed by atoms with Crippen molar-refractivity contribution < 1.29 is 14.3 Å². The highest BCUT2D eigenvalue weighted by atomic mass is 35.5. The first-order valence-corrected chi connectivity index (χ1v) is 16.2. The van der Waals surface area contributed by atoms with Gasteiger partial charge in [-0.05, 0) is 53.1 Å². The number of nitrogens with one attached hydrogen (secondary N) is 1. The molecule has 0 atom stereocenters. The number of amides is 1. The van der Waals surface area contributed by atoms with E-state index in [-0.39, 0.29) is 12.5 Å². The summed E-state index contributed by atoms with van der Waals surface area (Å²) in [4.78, 5) is 33.9. The van der Waals surface area contributed by atoms with Crippen LogP contribution in [0.25, 0.3) is 22.5 Å². The first kappa shape index (κ1) is 32.1. The standard InChI is InChI=1S/C35H37ClN8O3/c1-3-4-9-31-37-33(36)30(23-47-35(46)27-16-12-24(13-17-27)20-43-19-18-42(2)22-32(43)45)44(31)21-25-10-14-26(15-11-25)28-7-5-6-8-29(28)34-38-40-41-39-34/h5-8,10-17H,3-4,9,18-23H2,1-2H3,(H,38,39,40,41). The van der Waals surface area contributed by atoms with E-state index in [4.69, 9.17) is 16.3 Å². The van der Waals surface area contributed by atoms with Crippen LogP contribution in [0.4, 0.5) is 0 Å². The number of aromatic nitrogens is 6. The molecule has 1 fully saturated rings. The van der Waals surface area contributed by atoms with Gasteiger partial charge >= 0.3 is 5.97 Å². The molecule has 6 rings (SSSR count). The van der Waals surface area contributed by atoms with E-state index in [1.165, 1.54) is 0 Å². The van der Waals surface area contributed by atoms with Crippen LogP contribution < -0.4 is 0 Å². The van der Waals surface area contributed by atoms with Gasteiger partial charge in [0.05, 0.1) is 17.8 Å². The lowest BCUT2D eigenvalue weighted by Gasteiger charge is -2.32. The van der Waals surface area contributed by atoms with Crippen molar-refractivity contribution in [1.29, 1.82) is 0 Å². The normalized spacial score (nSPS) is 13.7. The van der Waals surface area contributed by atoms with Crippen LogP contribution in [0.1, 0.15) is 52.8 Å². The highest BCUT2D eigenvalue weighted by molar-refractivity contribution is 6.30. The van der Waals surface area contributed by atoms with Gasteiger partial charge < -0.3 is 14.2 Å². The third-order valence-electron chi connectivity index (χ3n) is 8.39. The number of H-pyrrole nitrogens is 1. The summed E-state index contributed by atoms with van der Waals surface area (Å²) in [5.41, 5.74) is 6.03. The first-order valence-electron chi connectivity index (χ1n) is 15.8. The zero-order valence-electron chi connectivity index (χ0n) is 26.5. The Hall–Kier alpha value is -4.87. The number of esters is 1. The van der Waals surface area contributed by atoms with Crippen LogP contribution >= 0.6 is 11.6 Å². The van der Waals surface area contributed by atoms with Crippen LogP contribution in [0.5, 0.6) is 0 Å². The van der Waals surface area contributed by atoms with Gasteiger partial charge in [0.25, 0.3) is 0 Å². The lowest BCUT2D eigenvalue weighted by Crippen LogP contribution is -2.48. The van der Waals surface area contributed by atoms with E-state index in [2.05, 4.69) is 61.4 Å². The smallest absolute Gasteiger partial charge is 0.338 e. The number of carbonyl (C=O) groups is 2. The molecule has 1 aliphatic rings. The van der Waals surface area contributed by atoms with Gasteiger partial charge in [0, 0.05) is 38.2 Å². The Morgan fingerprint density at radius 3 is 2.38 bits per heavy atom. The van der Waals surface area contributed by atoms with E-state index in [9.17, 15) is 9.59 Å². The second-order valence-electron chi connectivity index (χ2n) is 11.8. The van der Waals surface area contributed by atoms with Gasteiger partial charge in [-0.1, -0.05) is 85.6 Å². The lowest BCUT2D eigenvalue weighted by molar-refractivity contribution is -0.136. The maximum atomic E-state index is 13.1. The molecule has 47 heavy (non-hydrogen) atoms. The summed E-state index contributed by atoms with van der Waals surface area (Å²) in [6.45, 7) is 5.13. The topological polar surface area (TPSA) is 122 Å². The minimum atomic E-state index is -0.448. The molecule has 0 unspecified atom stereocenters. The number of likely N-dealkylation sites (N-methyl/N-ethyl adjacent to an activating group) is 1. The van der Waals surface area contributed by atoms with Gasteiger partial charge in [-0.25, -0.2) is 9.78 Å². The number of rotatable bonds is 12. The number of carbonyl (C=O) groups excluding carboxylic acids is 2. The fraction of sp³-hybridized carbons (Fsp3) is 0.314. The molecule has 1 aliphatic heterocycles. The molecule has 3 aromatic carbocycles. The molecular formula is C35H37ClN8O3. The fourth-order valence-electron chi connectivity index (χ4n) is 5.71. The summed E-state index contributed by atoms with van der Waals surface area (Å²) < 4.78 is 7.82. The predicted molar refractivity (Wildman–Crippen MR) is 178 cm³/mol. The third kappa shape index (κ3) is 7.58. The summed E-state index contributed by atoms with van der Waals surface area (Å²) in [7, 11) is 1.94. The highest BCUT2D eigenvalue weighted by Gasteiger charge is 2.22.